The van der Waals surface area contributed by atoms with Crippen molar-refractivity contribution in [1.29, 1.82) is 0 Å². The molecule has 0 saturated carbocycles. The van der Waals surface area contributed by atoms with Crippen LogP contribution in [0.2, 0.25) is 0 Å². The summed E-state index contributed by atoms with van der Waals surface area (Å²) in [5, 5.41) is 2.12. The van der Waals surface area contributed by atoms with E-state index in [1.807, 2.05) is 12.1 Å². The van der Waals surface area contributed by atoms with Crippen molar-refractivity contribution in [3.05, 3.63) is 34.5 Å². The zero-order chi connectivity index (χ0) is 12.0. The van der Waals surface area contributed by atoms with Crippen molar-refractivity contribution < 1.29 is 9.47 Å². The Morgan fingerprint density at radius 3 is 2.76 bits per heavy atom. The van der Waals surface area contributed by atoms with E-state index in [2.05, 4.69) is 31.4 Å². The Balaban J connectivity index is 2.23. The van der Waals surface area contributed by atoms with E-state index in [1.165, 1.54) is 10.4 Å². The van der Waals surface area contributed by atoms with Crippen molar-refractivity contribution in [2.24, 2.45) is 0 Å². The fourth-order valence-electron chi connectivity index (χ4n) is 2.25. The lowest BCUT2D eigenvalue weighted by atomic mass is 9.94. The van der Waals surface area contributed by atoms with Crippen LogP contribution in [0.15, 0.2) is 29.6 Å². The molecule has 0 amide bonds. The monoisotopic (exact) mass is 246 g/mol. The predicted octanol–water partition coefficient (Wildman–Crippen LogP) is 4.05. The zero-order valence-corrected chi connectivity index (χ0v) is 10.9. The fraction of sp³-hybridized carbons (Fsp3) is 0.286. The maximum Gasteiger partial charge on any atom is 0.138 e. The Labute approximate surface area is 105 Å². The highest BCUT2D eigenvalue weighted by Crippen LogP contribution is 2.48. The topological polar surface area (TPSA) is 18.5 Å². The third-order valence-electron chi connectivity index (χ3n) is 3.06. The molecule has 1 aliphatic heterocycles. The molecule has 0 N–H and O–H groups in total. The van der Waals surface area contributed by atoms with E-state index in [9.17, 15) is 0 Å². The van der Waals surface area contributed by atoms with Crippen molar-refractivity contribution in [2.75, 3.05) is 7.11 Å². The summed E-state index contributed by atoms with van der Waals surface area (Å²) in [6, 6.07) is 8.16. The Morgan fingerprint density at radius 1 is 1.18 bits per heavy atom. The number of benzene rings is 1. The number of hydrogen-bond acceptors (Lipinski definition) is 3. The van der Waals surface area contributed by atoms with Crippen LogP contribution in [0.25, 0.3) is 11.1 Å². The van der Waals surface area contributed by atoms with Crippen molar-refractivity contribution in [1.82, 2.24) is 0 Å². The second kappa shape index (κ2) is 3.50. The molecule has 17 heavy (non-hydrogen) atoms. The molecule has 2 nitrogen and oxygen atoms in total. The van der Waals surface area contributed by atoms with Gasteiger partial charge in [0.05, 0.1) is 12.0 Å². The highest BCUT2D eigenvalue weighted by Gasteiger charge is 2.33. The lowest BCUT2D eigenvalue weighted by Gasteiger charge is -2.32. The van der Waals surface area contributed by atoms with Crippen molar-refractivity contribution in [3.63, 3.8) is 0 Å². The normalized spacial score (nSPS) is 15.7. The molecule has 88 valence electrons. The third-order valence-corrected chi connectivity index (χ3v) is 4.28. The molecule has 2 aromatic rings. The highest BCUT2D eigenvalue weighted by atomic mass is 32.1. The first-order valence-corrected chi connectivity index (χ1v) is 6.45. The molecular formula is C14H14O2S. The molecule has 0 radical (unpaired) electrons. The molecule has 0 unspecified atom stereocenters. The Morgan fingerprint density at radius 2 is 2.00 bits per heavy atom. The van der Waals surface area contributed by atoms with E-state index in [0.717, 1.165) is 17.1 Å². The molecule has 0 saturated heterocycles. The number of rotatable bonds is 1. The summed E-state index contributed by atoms with van der Waals surface area (Å²) in [4.78, 5) is 1.29. The van der Waals surface area contributed by atoms with Gasteiger partial charge in [-0.05, 0) is 37.4 Å². The molecule has 0 fully saturated rings. The largest absolute Gasteiger partial charge is 0.497 e. The smallest absolute Gasteiger partial charge is 0.138 e. The third kappa shape index (κ3) is 1.53. The van der Waals surface area contributed by atoms with Gasteiger partial charge in [-0.25, -0.2) is 0 Å². The average molecular weight is 246 g/mol. The van der Waals surface area contributed by atoms with E-state index < -0.39 is 0 Å². The van der Waals surface area contributed by atoms with Crippen LogP contribution in [0.1, 0.15) is 18.7 Å². The molecule has 0 bridgehead atoms. The van der Waals surface area contributed by atoms with Gasteiger partial charge >= 0.3 is 0 Å². The summed E-state index contributed by atoms with van der Waals surface area (Å²) in [5.74, 6) is 1.73. The number of thiophene rings is 1. The second-order valence-corrected chi connectivity index (χ2v) is 5.55. The summed E-state index contributed by atoms with van der Waals surface area (Å²) in [6.07, 6.45) is 0. The van der Waals surface area contributed by atoms with Gasteiger partial charge in [-0.3, -0.25) is 0 Å². The van der Waals surface area contributed by atoms with Gasteiger partial charge in [-0.2, -0.15) is 0 Å². The fourth-order valence-corrected chi connectivity index (χ4v) is 3.22. The zero-order valence-electron chi connectivity index (χ0n) is 10.1. The van der Waals surface area contributed by atoms with Gasteiger partial charge in [0.1, 0.15) is 17.1 Å². The molecule has 2 heterocycles. The molecule has 3 rings (SSSR count). The molecular weight excluding hydrogens is 232 g/mol. The van der Waals surface area contributed by atoms with Gasteiger partial charge in [0.25, 0.3) is 0 Å². The molecule has 1 aliphatic rings. The standard InChI is InChI=1S/C14H14O2S/c1-14(2)13-11(6-7-17-13)10-5-4-9(15-3)8-12(10)16-14/h4-8H,1-3H3. The Kier molecular flexibility index (Phi) is 2.20. The number of hydrogen-bond donors (Lipinski definition) is 0. The summed E-state index contributed by atoms with van der Waals surface area (Å²) < 4.78 is 11.3. The van der Waals surface area contributed by atoms with Gasteiger partial charge in [0.15, 0.2) is 0 Å². The lowest BCUT2D eigenvalue weighted by Crippen LogP contribution is -2.27. The van der Waals surface area contributed by atoms with Gasteiger partial charge in [-0.15, -0.1) is 11.3 Å². The SMILES string of the molecule is COc1ccc2c(c1)OC(C)(C)c1sccc1-2. The van der Waals surface area contributed by atoms with E-state index >= 15 is 0 Å². The van der Waals surface area contributed by atoms with Crippen molar-refractivity contribution in [3.8, 4) is 22.6 Å². The summed E-state index contributed by atoms with van der Waals surface area (Å²) in [5.41, 5.74) is 2.17. The van der Waals surface area contributed by atoms with Crippen LogP contribution in [-0.4, -0.2) is 7.11 Å². The van der Waals surface area contributed by atoms with E-state index in [4.69, 9.17) is 9.47 Å². The Bertz CT molecular complexity index is 569. The summed E-state index contributed by atoms with van der Waals surface area (Å²) in [6.45, 7) is 4.20. The van der Waals surface area contributed by atoms with Crippen LogP contribution in [-0.2, 0) is 5.60 Å². The van der Waals surface area contributed by atoms with Gasteiger partial charge in [0, 0.05) is 17.2 Å². The van der Waals surface area contributed by atoms with Crippen LogP contribution in [0.4, 0.5) is 0 Å². The van der Waals surface area contributed by atoms with Crippen molar-refractivity contribution in [2.45, 2.75) is 19.4 Å². The van der Waals surface area contributed by atoms with Gasteiger partial charge < -0.3 is 9.47 Å². The number of fused-ring (bicyclic) bond motifs is 3. The van der Waals surface area contributed by atoms with Crippen LogP contribution in [0, 0.1) is 0 Å². The molecule has 1 aromatic heterocycles. The summed E-state index contributed by atoms with van der Waals surface area (Å²) in [7, 11) is 1.67. The molecule has 0 aliphatic carbocycles. The molecule has 3 heteroatoms. The van der Waals surface area contributed by atoms with Gasteiger partial charge in [-0.1, -0.05) is 0 Å². The van der Waals surface area contributed by atoms with E-state index in [0.29, 0.717) is 0 Å². The highest BCUT2D eigenvalue weighted by molar-refractivity contribution is 7.10. The minimum Gasteiger partial charge on any atom is -0.497 e. The Hall–Kier alpha value is -1.48. The molecule has 0 atom stereocenters. The lowest BCUT2D eigenvalue weighted by molar-refractivity contribution is 0.109. The number of methoxy groups -OCH3 is 1. The first-order valence-electron chi connectivity index (χ1n) is 5.57. The predicted molar refractivity (Wildman–Crippen MR) is 70.0 cm³/mol. The van der Waals surface area contributed by atoms with Crippen LogP contribution < -0.4 is 9.47 Å². The van der Waals surface area contributed by atoms with E-state index in [-0.39, 0.29) is 5.60 Å². The van der Waals surface area contributed by atoms with E-state index in [1.54, 1.807) is 18.4 Å². The first kappa shape index (κ1) is 10.7. The maximum atomic E-state index is 6.08. The van der Waals surface area contributed by atoms with Crippen molar-refractivity contribution >= 4 is 11.3 Å². The minimum atomic E-state index is -0.261. The van der Waals surface area contributed by atoms with Gasteiger partial charge in [0.2, 0.25) is 0 Å². The first-order chi connectivity index (χ1) is 8.12. The van der Waals surface area contributed by atoms with Crippen LogP contribution in [0.5, 0.6) is 11.5 Å². The quantitative estimate of drug-likeness (QED) is 0.755. The molecule has 0 spiro atoms. The summed E-state index contributed by atoms with van der Waals surface area (Å²) >= 11 is 1.75. The average Bonchev–Trinajstić information content (AvgIpc) is 2.77. The maximum absolute atomic E-state index is 6.08. The minimum absolute atomic E-state index is 0.261. The van der Waals surface area contributed by atoms with Crippen LogP contribution in [0.3, 0.4) is 0 Å². The second-order valence-electron chi connectivity index (χ2n) is 4.64. The number of ether oxygens (including phenoxy) is 2. The van der Waals surface area contributed by atoms with Crippen LogP contribution >= 0.6 is 11.3 Å². The molecule has 1 aromatic carbocycles.